The maximum atomic E-state index is 10.4. The molecular weight excluding hydrogens is 224 g/mol. The van der Waals surface area contributed by atoms with Crippen LogP contribution in [0.2, 0.25) is 0 Å². The zero-order valence-electron chi connectivity index (χ0n) is 8.11. The van der Waals surface area contributed by atoms with Crippen molar-refractivity contribution in [1.82, 2.24) is 0 Å². The zero-order chi connectivity index (χ0) is 11.6. The minimum Gasteiger partial charge on any atom is -0.481 e. The largest absolute Gasteiger partial charge is 0.481 e. The standard InChI is InChI=1S/C8H14O6S/c1-13-8-6(12)5(11)7(14-8)3(15)2-4(9)10/h3,5-8,11-12,15H,2H2,1H3,(H,9,10)/t3?,5-,6-,7-,8+/m1/s1. The van der Waals surface area contributed by atoms with Crippen LogP contribution in [0.1, 0.15) is 6.42 Å². The van der Waals surface area contributed by atoms with E-state index in [9.17, 15) is 15.0 Å². The predicted molar refractivity (Wildman–Crippen MR) is 52.7 cm³/mol. The molecule has 6 nitrogen and oxygen atoms in total. The van der Waals surface area contributed by atoms with E-state index in [4.69, 9.17) is 14.6 Å². The molecule has 1 rings (SSSR count). The number of methoxy groups -OCH3 is 1. The summed E-state index contributed by atoms with van der Waals surface area (Å²) in [6, 6.07) is 0. The van der Waals surface area contributed by atoms with Gasteiger partial charge in [0.05, 0.1) is 6.42 Å². The van der Waals surface area contributed by atoms with Crippen molar-refractivity contribution in [2.75, 3.05) is 7.11 Å². The quantitative estimate of drug-likeness (QED) is 0.462. The summed E-state index contributed by atoms with van der Waals surface area (Å²) in [5, 5.41) is 26.8. The van der Waals surface area contributed by atoms with E-state index < -0.39 is 35.8 Å². The van der Waals surface area contributed by atoms with E-state index in [2.05, 4.69) is 12.6 Å². The highest BCUT2D eigenvalue weighted by Gasteiger charge is 2.45. The highest BCUT2D eigenvalue weighted by molar-refractivity contribution is 7.81. The highest BCUT2D eigenvalue weighted by atomic mass is 32.1. The molecule has 0 radical (unpaired) electrons. The molecule has 0 spiro atoms. The fourth-order valence-corrected chi connectivity index (χ4v) is 1.88. The van der Waals surface area contributed by atoms with E-state index in [1.54, 1.807) is 0 Å². The van der Waals surface area contributed by atoms with Crippen molar-refractivity contribution in [3.8, 4) is 0 Å². The molecule has 1 heterocycles. The van der Waals surface area contributed by atoms with Gasteiger partial charge in [-0.15, -0.1) is 0 Å². The third-order valence-corrected chi connectivity index (χ3v) is 2.73. The van der Waals surface area contributed by atoms with Gasteiger partial charge in [-0.25, -0.2) is 0 Å². The van der Waals surface area contributed by atoms with Crippen LogP contribution in [0.4, 0.5) is 0 Å². The maximum Gasteiger partial charge on any atom is 0.304 e. The van der Waals surface area contributed by atoms with Crippen LogP contribution in [-0.2, 0) is 14.3 Å². The van der Waals surface area contributed by atoms with Gasteiger partial charge in [-0.05, 0) is 0 Å². The molecular formula is C8H14O6S. The number of aliphatic hydroxyl groups is 2. The molecule has 0 aromatic rings. The van der Waals surface area contributed by atoms with Gasteiger partial charge in [0.15, 0.2) is 6.29 Å². The monoisotopic (exact) mass is 238 g/mol. The second-order valence-electron chi connectivity index (χ2n) is 3.35. The van der Waals surface area contributed by atoms with Crippen LogP contribution in [0.3, 0.4) is 0 Å². The van der Waals surface area contributed by atoms with Gasteiger partial charge in [-0.3, -0.25) is 4.79 Å². The van der Waals surface area contributed by atoms with E-state index in [1.807, 2.05) is 0 Å². The van der Waals surface area contributed by atoms with Crippen molar-refractivity contribution in [1.29, 1.82) is 0 Å². The van der Waals surface area contributed by atoms with E-state index in [0.717, 1.165) is 0 Å². The number of rotatable bonds is 4. The first-order chi connectivity index (χ1) is 6.97. The lowest BCUT2D eigenvalue weighted by Crippen LogP contribution is -2.37. The summed E-state index contributed by atoms with van der Waals surface area (Å²) in [7, 11) is 1.33. The Balaban J connectivity index is 2.60. The summed E-state index contributed by atoms with van der Waals surface area (Å²) in [6.07, 6.45) is -4.40. The Bertz CT molecular complexity index is 235. The van der Waals surface area contributed by atoms with Gasteiger partial charge in [0.2, 0.25) is 0 Å². The van der Waals surface area contributed by atoms with Crippen LogP contribution in [-0.4, -0.2) is 58.3 Å². The topological polar surface area (TPSA) is 96.2 Å². The fourth-order valence-electron chi connectivity index (χ4n) is 1.48. The SMILES string of the molecule is CO[C@H]1O[C@H](C(S)CC(=O)O)[C@H](O)[C@H]1O. The zero-order valence-corrected chi connectivity index (χ0v) is 9.00. The summed E-state index contributed by atoms with van der Waals surface area (Å²) >= 11 is 4.01. The lowest BCUT2D eigenvalue weighted by Gasteiger charge is -2.19. The normalized spacial score (nSPS) is 37.9. The van der Waals surface area contributed by atoms with Crippen LogP contribution < -0.4 is 0 Å². The number of aliphatic hydroxyl groups excluding tert-OH is 2. The Morgan fingerprint density at radius 2 is 2.13 bits per heavy atom. The summed E-state index contributed by atoms with van der Waals surface area (Å²) in [6.45, 7) is 0. The van der Waals surface area contributed by atoms with Crippen molar-refractivity contribution >= 4 is 18.6 Å². The number of thiol groups is 1. The molecule has 7 heteroatoms. The number of aliphatic carboxylic acids is 1. The molecule has 1 unspecified atom stereocenters. The van der Waals surface area contributed by atoms with Gasteiger partial charge >= 0.3 is 5.97 Å². The van der Waals surface area contributed by atoms with Gasteiger partial charge in [-0.1, -0.05) is 0 Å². The Morgan fingerprint density at radius 1 is 1.53 bits per heavy atom. The summed E-state index contributed by atoms with van der Waals surface area (Å²) in [5.41, 5.74) is 0. The average Bonchev–Trinajstić information content (AvgIpc) is 2.43. The predicted octanol–water partition coefficient (Wildman–Crippen LogP) is -1.15. The van der Waals surface area contributed by atoms with Gasteiger partial charge in [0, 0.05) is 12.4 Å². The van der Waals surface area contributed by atoms with Gasteiger partial charge in [-0.2, -0.15) is 12.6 Å². The maximum absolute atomic E-state index is 10.4. The van der Waals surface area contributed by atoms with Gasteiger partial charge in [0.1, 0.15) is 18.3 Å². The van der Waals surface area contributed by atoms with E-state index in [0.29, 0.717) is 0 Å². The molecule has 88 valence electrons. The Morgan fingerprint density at radius 3 is 2.53 bits per heavy atom. The molecule has 0 saturated carbocycles. The van der Waals surface area contributed by atoms with Gasteiger partial charge in [0.25, 0.3) is 0 Å². The molecule has 0 bridgehead atoms. The second-order valence-corrected chi connectivity index (χ2v) is 4.01. The van der Waals surface area contributed by atoms with E-state index >= 15 is 0 Å². The first-order valence-corrected chi connectivity index (χ1v) is 4.93. The van der Waals surface area contributed by atoms with Gasteiger partial charge < -0.3 is 24.8 Å². The third kappa shape index (κ3) is 2.82. The van der Waals surface area contributed by atoms with E-state index in [1.165, 1.54) is 7.11 Å². The Hall–Kier alpha value is -0.340. The average molecular weight is 238 g/mol. The summed E-state index contributed by atoms with van der Waals surface area (Å²) in [5.74, 6) is -1.04. The van der Waals surface area contributed by atoms with E-state index in [-0.39, 0.29) is 6.42 Å². The van der Waals surface area contributed by atoms with Crippen LogP contribution >= 0.6 is 12.6 Å². The number of hydrogen-bond acceptors (Lipinski definition) is 6. The van der Waals surface area contributed by atoms with Crippen molar-refractivity contribution in [3.05, 3.63) is 0 Å². The highest BCUT2D eigenvalue weighted by Crippen LogP contribution is 2.27. The molecule has 1 fully saturated rings. The number of carbonyl (C=O) groups is 1. The molecule has 5 atom stereocenters. The number of ether oxygens (including phenoxy) is 2. The van der Waals surface area contributed by atoms with Crippen molar-refractivity contribution in [3.63, 3.8) is 0 Å². The molecule has 0 amide bonds. The number of carboxylic acid groups (broad SMARTS) is 1. The first-order valence-electron chi connectivity index (χ1n) is 4.41. The third-order valence-electron chi connectivity index (χ3n) is 2.25. The second kappa shape index (κ2) is 5.13. The molecule has 0 aromatic carbocycles. The van der Waals surface area contributed by atoms with Crippen molar-refractivity contribution in [2.45, 2.75) is 36.3 Å². The minimum absolute atomic E-state index is 0.256. The Kier molecular flexibility index (Phi) is 4.35. The van der Waals surface area contributed by atoms with Crippen molar-refractivity contribution < 1.29 is 29.6 Å². The Labute approximate surface area is 92.2 Å². The van der Waals surface area contributed by atoms with Crippen molar-refractivity contribution in [2.24, 2.45) is 0 Å². The van der Waals surface area contributed by atoms with Crippen LogP contribution in [0.5, 0.6) is 0 Å². The summed E-state index contributed by atoms with van der Waals surface area (Å²) in [4.78, 5) is 10.4. The summed E-state index contributed by atoms with van der Waals surface area (Å²) < 4.78 is 9.90. The molecule has 1 saturated heterocycles. The fraction of sp³-hybridized carbons (Fsp3) is 0.875. The van der Waals surface area contributed by atoms with Crippen LogP contribution in [0.25, 0.3) is 0 Å². The molecule has 1 aliphatic heterocycles. The molecule has 3 N–H and O–H groups in total. The molecule has 1 aliphatic rings. The van der Waals surface area contributed by atoms with Crippen LogP contribution in [0.15, 0.2) is 0 Å². The molecule has 0 aromatic heterocycles. The van der Waals surface area contributed by atoms with Crippen LogP contribution in [0, 0.1) is 0 Å². The first kappa shape index (κ1) is 12.7. The molecule has 0 aliphatic carbocycles. The number of carboxylic acids is 1. The minimum atomic E-state index is -1.18. The molecule has 15 heavy (non-hydrogen) atoms. The lowest BCUT2D eigenvalue weighted by molar-refractivity contribution is -0.151. The smallest absolute Gasteiger partial charge is 0.304 e. The number of hydrogen-bond donors (Lipinski definition) is 4. The lowest BCUT2D eigenvalue weighted by atomic mass is 10.1.